The molecule has 1 unspecified atom stereocenters. The molecule has 0 aliphatic rings. The summed E-state index contributed by atoms with van der Waals surface area (Å²) in [6, 6.07) is 5.16. The SMILES string of the molecule is COC(=O)C(Br)COc1ccc(Cl)cc1Br. The minimum Gasteiger partial charge on any atom is -0.491 e. The Balaban J connectivity index is 2.58. The molecule has 0 N–H and O–H groups in total. The molecule has 6 heteroatoms. The fourth-order valence-corrected chi connectivity index (χ4v) is 2.07. The number of alkyl halides is 1. The van der Waals surface area contributed by atoms with Gasteiger partial charge in [0.15, 0.2) is 0 Å². The molecule has 0 saturated carbocycles. The van der Waals surface area contributed by atoms with Gasteiger partial charge in [0.05, 0.1) is 11.6 Å². The number of hydrogen-bond donors (Lipinski definition) is 0. The minimum atomic E-state index is -0.486. The standard InChI is InChI=1S/C10H9Br2ClO3/c1-15-10(14)8(12)5-16-9-3-2-6(13)4-7(9)11/h2-4,8H,5H2,1H3. The van der Waals surface area contributed by atoms with Gasteiger partial charge in [-0.1, -0.05) is 27.5 Å². The lowest BCUT2D eigenvalue weighted by molar-refractivity contribution is -0.140. The second-order valence-electron chi connectivity index (χ2n) is 2.88. The van der Waals surface area contributed by atoms with Crippen molar-refractivity contribution in [2.24, 2.45) is 0 Å². The van der Waals surface area contributed by atoms with E-state index in [1.54, 1.807) is 18.2 Å². The molecule has 0 aliphatic heterocycles. The van der Waals surface area contributed by atoms with Crippen LogP contribution in [0.15, 0.2) is 22.7 Å². The molecule has 88 valence electrons. The van der Waals surface area contributed by atoms with E-state index < -0.39 is 4.83 Å². The summed E-state index contributed by atoms with van der Waals surface area (Å²) in [6.45, 7) is 0.187. The van der Waals surface area contributed by atoms with Crippen LogP contribution in [0, 0.1) is 0 Å². The number of methoxy groups -OCH3 is 1. The number of carbonyl (C=O) groups is 1. The van der Waals surface area contributed by atoms with Crippen molar-refractivity contribution in [3.05, 3.63) is 27.7 Å². The summed E-state index contributed by atoms with van der Waals surface area (Å²) in [7, 11) is 1.33. The number of halogens is 3. The summed E-state index contributed by atoms with van der Waals surface area (Å²) in [4.78, 5) is 10.6. The molecule has 0 aromatic heterocycles. The zero-order chi connectivity index (χ0) is 12.1. The van der Waals surface area contributed by atoms with Gasteiger partial charge in [0.25, 0.3) is 0 Å². The van der Waals surface area contributed by atoms with Crippen LogP contribution in [0.1, 0.15) is 0 Å². The topological polar surface area (TPSA) is 35.5 Å². The Morgan fingerprint density at radius 1 is 1.56 bits per heavy atom. The maximum absolute atomic E-state index is 11.1. The molecule has 0 fully saturated rings. The number of carbonyl (C=O) groups excluding carboxylic acids is 1. The van der Waals surface area contributed by atoms with E-state index in [0.29, 0.717) is 10.8 Å². The molecule has 0 aliphatic carbocycles. The summed E-state index contributed by atoms with van der Waals surface area (Å²) in [5.74, 6) is 0.253. The van der Waals surface area contributed by atoms with E-state index in [1.165, 1.54) is 7.11 Å². The largest absolute Gasteiger partial charge is 0.491 e. The molecule has 16 heavy (non-hydrogen) atoms. The molecule has 1 atom stereocenters. The molecular weight excluding hydrogens is 363 g/mol. The predicted octanol–water partition coefficient (Wildman–Crippen LogP) is 3.42. The van der Waals surface area contributed by atoms with Gasteiger partial charge in [-0.05, 0) is 34.1 Å². The molecule has 3 nitrogen and oxygen atoms in total. The highest BCUT2D eigenvalue weighted by atomic mass is 79.9. The van der Waals surface area contributed by atoms with E-state index in [2.05, 4.69) is 36.6 Å². The second-order valence-corrected chi connectivity index (χ2v) is 5.27. The van der Waals surface area contributed by atoms with Crippen molar-refractivity contribution < 1.29 is 14.3 Å². The summed E-state index contributed by atoms with van der Waals surface area (Å²) < 4.78 is 10.7. The Bertz CT molecular complexity index is 384. The number of ether oxygens (including phenoxy) is 2. The fourth-order valence-electron chi connectivity index (χ4n) is 0.951. The third kappa shape index (κ3) is 3.96. The Labute approximate surface area is 115 Å². The lowest BCUT2D eigenvalue weighted by Crippen LogP contribution is -2.23. The van der Waals surface area contributed by atoms with Crippen LogP contribution in [-0.4, -0.2) is 24.5 Å². The van der Waals surface area contributed by atoms with Crippen molar-refractivity contribution >= 4 is 49.4 Å². The molecule has 0 heterocycles. The fraction of sp³-hybridized carbons (Fsp3) is 0.300. The van der Waals surface area contributed by atoms with E-state index in [4.69, 9.17) is 16.3 Å². The van der Waals surface area contributed by atoms with Gasteiger partial charge >= 0.3 is 5.97 Å². The Kier molecular flexibility index (Phi) is 5.58. The van der Waals surface area contributed by atoms with Crippen LogP contribution in [0.4, 0.5) is 0 Å². The molecular formula is C10H9Br2ClO3. The first-order chi connectivity index (χ1) is 7.54. The number of esters is 1. The van der Waals surface area contributed by atoms with Gasteiger partial charge in [-0.15, -0.1) is 0 Å². The molecule has 0 saturated heterocycles. The van der Waals surface area contributed by atoms with Crippen LogP contribution in [0.25, 0.3) is 0 Å². The van der Waals surface area contributed by atoms with E-state index in [1.807, 2.05) is 0 Å². The molecule has 0 spiro atoms. The number of rotatable bonds is 4. The molecule has 1 aromatic rings. The van der Waals surface area contributed by atoms with Crippen molar-refractivity contribution in [2.45, 2.75) is 4.83 Å². The van der Waals surface area contributed by atoms with Crippen LogP contribution in [0.5, 0.6) is 5.75 Å². The van der Waals surface area contributed by atoms with E-state index in [9.17, 15) is 4.79 Å². The first-order valence-corrected chi connectivity index (χ1v) is 6.43. The summed E-state index contributed by atoms with van der Waals surface area (Å²) in [5, 5.41) is 0.614. The van der Waals surface area contributed by atoms with Crippen LogP contribution >= 0.6 is 43.5 Å². The van der Waals surface area contributed by atoms with Crippen LogP contribution in [0.2, 0.25) is 5.02 Å². The van der Waals surface area contributed by atoms with E-state index >= 15 is 0 Å². The van der Waals surface area contributed by atoms with Gasteiger partial charge in [-0.2, -0.15) is 0 Å². The Morgan fingerprint density at radius 3 is 2.81 bits per heavy atom. The van der Waals surface area contributed by atoms with Crippen LogP contribution in [0.3, 0.4) is 0 Å². The van der Waals surface area contributed by atoms with Crippen molar-refractivity contribution in [3.63, 3.8) is 0 Å². The highest BCUT2D eigenvalue weighted by Gasteiger charge is 2.16. The molecule has 1 rings (SSSR count). The normalized spacial score (nSPS) is 12.0. The van der Waals surface area contributed by atoms with Crippen molar-refractivity contribution in [3.8, 4) is 5.75 Å². The van der Waals surface area contributed by atoms with Crippen molar-refractivity contribution in [2.75, 3.05) is 13.7 Å². The first-order valence-electron chi connectivity index (χ1n) is 4.34. The zero-order valence-electron chi connectivity index (χ0n) is 8.38. The van der Waals surface area contributed by atoms with Crippen molar-refractivity contribution in [1.29, 1.82) is 0 Å². The van der Waals surface area contributed by atoms with Gasteiger partial charge in [-0.3, -0.25) is 4.79 Å². The van der Waals surface area contributed by atoms with Gasteiger partial charge in [-0.25, -0.2) is 0 Å². The third-order valence-electron chi connectivity index (χ3n) is 1.74. The maximum atomic E-state index is 11.1. The highest BCUT2D eigenvalue weighted by Crippen LogP contribution is 2.28. The van der Waals surface area contributed by atoms with Gasteiger partial charge in [0.2, 0.25) is 0 Å². The van der Waals surface area contributed by atoms with Crippen LogP contribution < -0.4 is 4.74 Å². The second kappa shape index (κ2) is 6.47. The van der Waals surface area contributed by atoms with Crippen LogP contribution in [-0.2, 0) is 9.53 Å². The minimum absolute atomic E-state index is 0.187. The number of hydrogen-bond acceptors (Lipinski definition) is 3. The smallest absolute Gasteiger partial charge is 0.322 e. The average molecular weight is 372 g/mol. The first kappa shape index (κ1) is 13.8. The molecule has 1 aromatic carbocycles. The average Bonchev–Trinajstić information content (AvgIpc) is 2.26. The lowest BCUT2D eigenvalue weighted by Gasteiger charge is -2.11. The third-order valence-corrected chi connectivity index (χ3v) is 3.23. The maximum Gasteiger partial charge on any atom is 0.322 e. The summed E-state index contributed by atoms with van der Waals surface area (Å²) in [6.07, 6.45) is 0. The Morgan fingerprint density at radius 2 is 2.25 bits per heavy atom. The monoisotopic (exact) mass is 370 g/mol. The van der Waals surface area contributed by atoms with E-state index in [0.717, 1.165) is 4.47 Å². The van der Waals surface area contributed by atoms with Gasteiger partial charge in [0.1, 0.15) is 17.2 Å². The molecule has 0 bridgehead atoms. The molecule has 0 radical (unpaired) electrons. The van der Waals surface area contributed by atoms with Crippen molar-refractivity contribution in [1.82, 2.24) is 0 Å². The lowest BCUT2D eigenvalue weighted by atomic mass is 10.3. The Hall–Kier alpha value is -0.260. The zero-order valence-corrected chi connectivity index (χ0v) is 12.3. The summed E-state index contributed by atoms with van der Waals surface area (Å²) >= 11 is 12.3. The van der Waals surface area contributed by atoms with Gasteiger partial charge < -0.3 is 9.47 Å². The van der Waals surface area contributed by atoms with Gasteiger partial charge in [0, 0.05) is 5.02 Å². The summed E-state index contributed by atoms with van der Waals surface area (Å²) in [5.41, 5.74) is 0. The predicted molar refractivity (Wildman–Crippen MR) is 69.4 cm³/mol. The highest BCUT2D eigenvalue weighted by molar-refractivity contribution is 9.10. The van der Waals surface area contributed by atoms with E-state index in [-0.39, 0.29) is 12.6 Å². The quantitative estimate of drug-likeness (QED) is 0.600. The number of benzene rings is 1. The molecule has 0 amide bonds.